The maximum atomic E-state index is 5.42. The molecule has 1 unspecified atom stereocenters. The van der Waals surface area contributed by atoms with Crippen molar-refractivity contribution in [2.24, 2.45) is 10.9 Å². The maximum Gasteiger partial charge on any atom is 0.191 e. The Labute approximate surface area is 184 Å². The lowest BCUT2D eigenvalue weighted by Gasteiger charge is -2.34. The van der Waals surface area contributed by atoms with E-state index >= 15 is 0 Å². The van der Waals surface area contributed by atoms with Gasteiger partial charge in [0.2, 0.25) is 0 Å². The molecule has 0 amide bonds. The number of guanidine groups is 1. The molecule has 27 heavy (non-hydrogen) atoms. The van der Waals surface area contributed by atoms with Crippen molar-refractivity contribution < 1.29 is 4.74 Å². The summed E-state index contributed by atoms with van der Waals surface area (Å²) in [5.41, 5.74) is 0. The SMILES string of the molecule is CN=C(NCC(C)CN1CCOCC1)NC1CCN(c2cccs2)CC1.I. The van der Waals surface area contributed by atoms with Gasteiger partial charge in [-0.3, -0.25) is 9.89 Å². The van der Waals surface area contributed by atoms with Gasteiger partial charge >= 0.3 is 0 Å². The second-order valence-corrected chi connectivity index (χ2v) is 8.25. The van der Waals surface area contributed by atoms with Gasteiger partial charge in [0.05, 0.1) is 18.2 Å². The Morgan fingerprint density at radius 1 is 1.30 bits per heavy atom. The van der Waals surface area contributed by atoms with Crippen LogP contribution in [0.15, 0.2) is 22.5 Å². The van der Waals surface area contributed by atoms with E-state index in [2.05, 4.69) is 49.9 Å². The smallest absolute Gasteiger partial charge is 0.191 e. The van der Waals surface area contributed by atoms with Gasteiger partial charge in [-0.15, -0.1) is 35.3 Å². The zero-order valence-corrected chi connectivity index (χ0v) is 19.7. The monoisotopic (exact) mass is 507 g/mol. The molecule has 6 nitrogen and oxygen atoms in total. The molecule has 3 rings (SSSR count). The predicted octanol–water partition coefficient (Wildman–Crippen LogP) is 2.47. The zero-order valence-electron chi connectivity index (χ0n) is 16.5. The summed E-state index contributed by atoms with van der Waals surface area (Å²) in [7, 11) is 1.86. The third-order valence-corrected chi connectivity index (χ3v) is 6.10. The highest BCUT2D eigenvalue weighted by atomic mass is 127. The highest BCUT2D eigenvalue weighted by Crippen LogP contribution is 2.24. The molecule has 1 atom stereocenters. The quantitative estimate of drug-likeness (QED) is 0.352. The van der Waals surface area contributed by atoms with Gasteiger partial charge in [-0.05, 0) is 36.3 Å². The molecule has 154 valence electrons. The van der Waals surface area contributed by atoms with Crippen LogP contribution in [0.2, 0.25) is 0 Å². The normalized spacial score (nSPS) is 20.8. The second-order valence-electron chi connectivity index (χ2n) is 7.33. The Hall–Kier alpha value is -0.580. The van der Waals surface area contributed by atoms with Crippen molar-refractivity contribution in [2.75, 3.05) is 64.4 Å². The fourth-order valence-electron chi connectivity index (χ4n) is 3.64. The summed E-state index contributed by atoms with van der Waals surface area (Å²) in [6.45, 7) is 10.4. The topological polar surface area (TPSA) is 52.1 Å². The number of aliphatic imine (C=N–C) groups is 1. The van der Waals surface area contributed by atoms with Crippen molar-refractivity contribution in [3.05, 3.63) is 17.5 Å². The molecule has 0 saturated carbocycles. The van der Waals surface area contributed by atoms with Crippen molar-refractivity contribution in [1.29, 1.82) is 0 Å². The Bertz CT molecular complexity index is 542. The van der Waals surface area contributed by atoms with Crippen molar-refractivity contribution in [2.45, 2.75) is 25.8 Å². The third kappa shape index (κ3) is 7.40. The first-order valence-electron chi connectivity index (χ1n) is 9.80. The van der Waals surface area contributed by atoms with E-state index in [0.29, 0.717) is 12.0 Å². The van der Waals surface area contributed by atoms with Crippen LogP contribution in [-0.4, -0.2) is 76.4 Å². The van der Waals surface area contributed by atoms with Crippen LogP contribution in [0, 0.1) is 5.92 Å². The summed E-state index contributed by atoms with van der Waals surface area (Å²) in [4.78, 5) is 9.40. The van der Waals surface area contributed by atoms with Crippen LogP contribution in [0.5, 0.6) is 0 Å². The molecule has 0 spiro atoms. The first kappa shape index (κ1) is 22.7. The number of rotatable bonds is 6. The lowest BCUT2D eigenvalue weighted by Crippen LogP contribution is -2.50. The number of halogens is 1. The molecule has 0 aliphatic carbocycles. The fourth-order valence-corrected chi connectivity index (χ4v) is 4.43. The molecule has 2 saturated heterocycles. The molecular formula is C19H34IN5OS. The minimum absolute atomic E-state index is 0. The highest BCUT2D eigenvalue weighted by molar-refractivity contribution is 14.0. The lowest BCUT2D eigenvalue weighted by atomic mass is 10.1. The number of morpholine rings is 1. The van der Waals surface area contributed by atoms with Gasteiger partial charge in [-0.25, -0.2) is 0 Å². The minimum atomic E-state index is 0. The van der Waals surface area contributed by atoms with E-state index in [4.69, 9.17) is 4.74 Å². The van der Waals surface area contributed by atoms with E-state index in [1.54, 1.807) is 0 Å². The van der Waals surface area contributed by atoms with E-state index in [0.717, 1.165) is 71.3 Å². The van der Waals surface area contributed by atoms with E-state index in [1.807, 2.05) is 18.4 Å². The van der Waals surface area contributed by atoms with Gasteiger partial charge in [0.1, 0.15) is 0 Å². The summed E-state index contributed by atoms with van der Waals surface area (Å²) in [6.07, 6.45) is 2.31. The number of anilines is 1. The first-order valence-corrected chi connectivity index (χ1v) is 10.7. The van der Waals surface area contributed by atoms with Gasteiger partial charge in [0.15, 0.2) is 5.96 Å². The summed E-state index contributed by atoms with van der Waals surface area (Å²) >= 11 is 1.83. The van der Waals surface area contributed by atoms with Crippen LogP contribution in [0.3, 0.4) is 0 Å². The third-order valence-electron chi connectivity index (χ3n) is 5.17. The van der Waals surface area contributed by atoms with Crippen LogP contribution >= 0.6 is 35.3 Å². The standard InChI is InChI=1S/C19H33N5OS.HI/c1-16(15-23-9-11-25-12-10-23)14-21-19(20-2)22-17-5-7-24(8-6-17)18-4-3-13-26-18;/h3-4,13,16-17H,5-12,14-15H2,1-2H3,(H2,20,21,22);1H. The molecule has 0 radical (unpaired) electrons. The first-order chi connectivity index (χ1) is 12.7. The Kier molecular flexibility index (Phi) is 10.2. The molecule has 0 bridgehead atoms. The van der Waals surface area contributed by atoms with Gasteiger partial charge in [0, 0.05) is 52.4 Å². The van der Waals surface area contributed by atoms with E-state index < -0.39 is 0 Å². The van der Waals surface area contributed by atoms with Gasteiger partial charge < -0.3 is 20.3 Å². The van der Waals surface area contributed by atoms with Crippen molar-refractivity contribution in [3.8, 4) is 0 Å². The van der Waals surface area contributed by atoms with Crippen LogP contribution < -0.4 is 15.5 Å². The zero-order chi connectivity index (χ0) is 18.2. The number of hydrogen-bond acceptors (Lipinski definition) is 5. The van der Waals surface area contributed by atoms with Crippen LogP contribution in [0.25, 0.3) is 0 Å². The number of ether oxygens (including phenoxy) is 1. The Balaban J connectivity index is 0.00000261. The fraction of sp³-hybridized carbons (Fsp3) is 0.737. The average Bonchev–Trinajstić information content (AvgIpc) is 3.21. The molecule has 3 heterocycles. The predicted molar refractivity (Wildman–Crippen MR) is 126 cm³/mol. The van der Waals surface area contributed by atoms with Gasteiger partial charge in [-0.2, -0.15) is 0 Å². The highest BCUT2D eigenvalue weighted by Gasteiger charge is 2.21. The minimum Gasteiger partial charge on any atom is -0.379 e. The van der Waals surface area contributed by atoms with Crippen LogP contribution in [0.1, 0.15) is 19.8 Å². The Morgan fingerprint density at radius 2 is 2.04 bits per heavy atom. The summed E-state index contributed by atoms with van der Waals surface area (Å²) in [5.74, 6) is 1.53. The summed E-state index contributed by atoms with van der Waals surface area (Å²) in [6, 6.07) is 4.86. The van der Waals surface area contributed by atoms with Gasteiger partial charge in [-0.1, -0.05) is 6.92 Å². The second kappa shape index (κ2) is 12.1. The molecule has 2 aliphatic heterocycles. The van der Waals surface area contributed by atoms with Crippen molar-refractivity contribution in [3.63, 3.8) is 0 Å². The number of nitrogens with zero attached hydrogens (tertiary/aromatic N) is 3. The number of nitrogens with one attached hydrogen (secondary N) is 2. The van der Waals surface area contributed by atoms with Gasteiger partial charge in [0.25, 0.3) is 0 Å². The Morgan fingerprint density at radius 3 is 2.67 bits per heavy atom. The molecule has 8 heteroatoms. The summed E-state index contributed by atoms with van der Waals surface area (Å²) in [5, 5.41) is 10.7. The lowest BCUT2D eigenvalue weighted by molar-refractivity contribution is 0.0320. The largest absolute Gasteiger partial charge is 0.379 e. The van der Waals surface area contributed by atoms with Crippen LogP contribution in [-0.2, 0) is 4.74 Å². The number of thiophene rings is 1. The van der Waals surface area contributed by atoms with Crippen molar-refractivity contribution in [1.82, 2.24) is 15.5 Å². The van der Waals surface area contributed by atoms with Crippen molar-refractivity contribution >= 4 is 46.3 Å². The molecule has 1 aromatic rings. The van der Waals surface area contributed by atoms with E-state index in [-0.39, 0.29) is 24.0 Å². The maximum absolute atomic E-state index is 5.42. The molecule has 2 aliphatic rings. The van der Waals surface area contributed by atoms with E-state index in [9.17, 15) is 0 Å². The molecule has 0 aromatic carbocycles. The average molecular weight is 507 g/mol. The number of piperidine rings is 1. The van der Waals surface area contributed by atoms with E-state index in [1.165, 1.54) is 5.00 Å². The molecule has 2 N–H and O–H groups in total. The summed E-state index contributed by atoms with van der Waals surface area (Å²) < 4.78 is 5.42. The molecule has 2 fully saturated rings. The molecular weight excluding hydrogens is 473 g/mol. The van der Waals surface area contributed by atoms with Crippen LogP contribution in [0.4, 0.5) is 5.00 Å². The molecule has 1 aromatic heterocycles. The number of hydrogen-bond donors (Lipinski definition) is 2.